The van der Waals surface area contributed by atoms with Gasteiger partial charge in [-0.25, -0.2) is 0 Å². The van der Waals surface area contributed by atoms with E-state index in [0.29, 0.717) is 0 Å². The SMILES string of the molecule is C1=CCC\C=C/C=C/C=C/C=C/C=C\C=C\C=C\C=C\C=C/1. The van der Waals surface area contributed by atoms with Crippen molar-refractivity contribution in [1.82, 2.24) is 0 Å². The third-order valence-electron chi connectivity index (χ3n) is 2.66. The van der Waals surface area contributed by atoms with Gasteiger partial charge in [0.15, 0.2) is 0 Å². The van der Waals surface area contributed by atoms with Gasteiger partial charge in [-0.3, -0.25) is 0 Å². The normalized spacial score (nSPS) is 29.8. The van der Waals surface area contributed by atoms with Gasteiger partial charge in [0.2, 0.25) is 0 Å². The summed E-state index contributed by atoms with van der Waals surface area (Å²) in [6.45, 7) is 0. The summed E-state index contributed by atoms with van der Waals surface area (Å²) in [6.07, 6.45) is 43.0. The molecule has 0 aromatic rings. The highest BCUT2D eigenvalue weighted by Gasteiger charge is 1.74. The number of hydrogen-bond acceptors (Lipinski definition) is 0. The minimum absolute atomic E-state index is 1.06. The molecule has 1 rings (SSSR count). The van der Waals surface area contributed by atoms with Crippen molar-refractivity contribution >= 4 is 0 Å². The Morgan fingerprint density at radius 1 is 0.227 bits per heavy atom. The molecule has 0 spiro atoms. The second kappa shape index (κ2) is 14.8. The van der Waals surface area contributed by atoms with Gasteiger partial charge >= 0.3 is 0 Å². The minimum Gasteiger partial charge on any atom is -0.0842 e. The van der Waals surface area contributed by atoms with Crippen LogP contribution in [0, 0.1) is 0 Å². The Kier molecular flexibility index (Phi) is 11.7. The Labute approximate surface area is 135 Å². The summed E-state index contributed by atoms with van der Waals surface area (Å²) < 4.78 is 0. The molecule has 0 saturated heterocycles. The van der Waals surface area contributed by atoms with E-state index >= 15 is 0 Å². The van der Waals surface area contributed by atoms with E-state index in [1.54, 1.807) is 0 Å². The Morgan fingerprint density at radius 3 is 0.636 bits per heavy atom. The van der Waals surface area contributed by atoms with E-state index in [0.717, 1.165) is 12.8 Å². The van der Waals surface area contributed by atoms with Crippen molar-refractivity contribution in [3.05, 3.63) is 122 Å². The molecular weight excluding hydrogens is 264 g/mol. The lowest BCUT2D eigenvalue weighted by Crippen LogP contribution is -1.63. The van der Waals surface area contributed by atoms with E-state index in [9.17, 15) is 0 Å². The maximum absolute atomic E-state index is 2.18. The van der Waals surface area contributed by atoms with Crippen molar-refractivity contribution in [1.29, 1.82) is 0 Å². The zero-order valence-corrected chi connectivity index (χ0v) is 13.0. The van der Waals surface area contributed by atoms with Crippen LogP contribution in [0.2, 0.25) is 0 Å². The summed E-state index contributed by atoms with van der Waals surface area (Å²) in [6, 6.07) is 0. The molecule has 0 aromatic heterocycles. The number of rotatable bonds is 0. The summed E-state index contributed by atoms with van der Waals surface area (Å²) in [5, 5.41) is 0. The van der Waals surface area contributed by atoms with Gasteiger partial charge in [0.25, 0.3) is 0 Å². The highest BCUT2D eigenvalue weighted by atomic mass is 13.8. The van der Waals surface area contributed by atoms with Crippen LogP contribution >= 0.6 is 0 Å². The van der Waals surface area contributed by atoms with Crippen LogP contribution in [0.1, 0.15) is 12.8 Å². The molecule has 0 nitrogen and oxygen atoms in total. The minimum atomic E-state index is 1.06. The zero-order valence-electron chi connectivity index (χ0n) is 13.0. The Bertz CT molecular complexity index is 501. The maximum atomic E-state index is 2.18. The molecule has 0 bridgehead atoms. The molecule has 0 heteroatoms. The summed E-state index contributed by atoms with van der Waals surface area (Å²) in [5.74, 6) is 0. The molecule has 112 valence electrons. The molecule has 22 heavy (non-hydrogen) atoms. The molecule has 0 aliphatic heterocycles. The fourth-order valence-electron chi connectivity index (χ4n) is 1.57. The van der Waals surface area contributed by atoms with Gasteiger partial charge in [-0.2, -0.15) is 0 Å². The molecule has 0 unspecified atom stereocenters. The fraction of sp³-hybridized carbons (Fsp3) is 0.0909. The smallest absolute Gasteiger partial charge is 0.0313 e. The monoisotopic (exact) mass is 288 g/mol. The lowest BCUT2D eigenvalue weighted by molar-refractivity contribution is 1.05. The molecule has 0 amide bonds. The van der Waals surface area contributed by atoms with Crippen molar-refractivity contribution < 1.29 is 0 Å². The van der Waals surface area contributed by atoms with E-state index in [1.807, 2.05) is 85.1 Å². The Hall–Kier alpha value is -2.60. The van der Waals surface area contributed by atoms with Crippen molar-refractivity contribution in [2.75, 3.05) is 0 Å². The predicted octanol–water partition coefficient (Wildman–Crippen LogP) is 6.34. The molecule has 0 fully saturated rings. The molecule has 1 aliphatic rings. The second-order valence-corrected chi connectivity index (χ2v) is 4.51. The third-order valence-corrected chi connectivity index (χ3v) is 2.66. The van der Waals surface area contributed by atoms with E-state index in [4.69, 9.17) is 0 Å². The summed E-state index contributed by atoms with van der Waals surface area (Å²) in [5.41, 5.74) is 0. The van der Waals surface area contributed by atoms with Gasteiger partial charge in [-0.15, -0.1) is 0 Å². The predicted molar refractivity (Wildman–Crippen MR) is 101 cm³/mol. The first kappa shape index (κ1) is 17.5. The molecule has 0 radical (unpaired) electrons. The van der Waals surface area contributed by atoms with E-state index < -0.39 is 0 Å². The first-order valence-electron chi connectivity index (χ1n) is 7.65. The van der Waals surface area contributed by atoms with Crippen LogP contribution < -0.4 is 0 Å². The topological polar surface area (TPSA) is 0 Å². The standard InChI is InChI=1S/C22H24/c1-2-4-6-8-10-12-14-16-18-20-22-21-19-17-15-13-11-9-7-5-3-1/h1-20H,21-22H2/b3-1-,4-2+,7-5+,8-6+,11-9+,12-10+,15-13+,16-14-,19-17-,20-18?. The van der Waals surface area contributed by atoms with Crippen molar-refractivity contribution in [2.24, 2.45) is 0 Å². The highest BCUT2D eigenvalue weighted by Crippen LogP contribution is 1.94. The first-order valence-corrected chi connectivity index (χ1v) is 7.65. The second-order valence-electron chi connectivity index (χ2n) is 4.51. The quantitative estimate of drug-likeness (QED) is 0.487. The Morgan fingerprint density at radius 2 is 0.409 bits per heavy atom. The third kappa shape index (κ3) is 12.4. The van der Waals surface area contributed by atoms with E-state index in [1.165, 1.54) is 0 Å². The average Bonchev–Trinajstić information content (AvgIpc) is 2.53. The van der Waals surface area contributed by atoms with Gasteiger partial charge < -0.3 is 0 Å². The molecule has 0 heterocycles. The fourth-order valence-corrected chi connectivity index (χ4v) is 1.57. The highest BCUT2D eigenvalue weighted by molar-refractivity contribution is 5.22. The zero-order chi connectivity index (χ0) is 15.6. The average molecular weight is 288 g/mol. The van der Waals surface area contributed by atoms with Crippen LogP contribution in [-0.2, 0) is 0 Å². The molecule has 1 aliphatic carbocycles. The maximum Gasteiger partial charge on any atom is -0.0313 e. The van der Waals surface area contributed by atoms with Crippen molar-refractivity contribution in [3.63, 3.8) is 0 Å². The molecule has 0 aromatic carbocycles. The molecule has 0 atom stereocenters. The van der Waals surface area contributed by atoms with Crippen LogP contribution in [-0.4, -0.2) is 0 Å². The van der Waals surface area contributed by atoms with Gasteiger partial charge in [0, 0.05) is 0 Å². The van der Waals surface area contributed by atoms with E-state index in [2.05, 4.69) is 36.5 Å². The summed E-state index contributed by atoms with van der Waals surface area (Å²) in [7, 11) is 0. The van der Waals surface area contributed by atoms with Crippen LogP contribution in [0.15, 0.2) is 122 Å². The van der Waals surface area contributed by atoms with Crippen LogP contribution in [0.4, 0.5) is 0 Å². The summed E-state index contributed by atoms with van der Waals surface area (Å²) >= 11 is 0. The lowest BCUT2D eigenvalue weighted by Gasteiger charge is -1.84. The lowest BCUT2D eigenvalue weighted by atomic mass is 10.2. The van der Waals surface area contributed by atoms with Crippen molar-refractivity contribution in [3.8, 4) is 0 Å². The first-order chi connectivity index (χ1) is 11.0. The molecule has 0 N–H and O–H groups in total. The van der Waals surface area contributed by atoms with Gasteiger partial charge in [0.05, 0.1) is 0 Å². The van der Waals surface area contributed by atoms with Crippen LogP contribution in [0.25, 0.3) is 0 Å². The molecule has 0 saturated carbocycles. The Balaban J connectivity index is 2.60. The van der Waals surface area contributed by atoms with Crippen LogP contribution in [0.3, 0.4) is 0 Å². The van der Waals surface area contributed by atoms with E-state index in [-0.39, 0.29) is 0 Å². The van der Waals surface area contributed by atoms with Crippen molar-refractivity contribution in [2.45, 2.75) is 12.8 Å². The number of allylic oxidation sites excluding steroid dienone is 20. The van der Waals surface area contributed by atoms with Gasteiger partial charge in [-0.05, 0) is 12.8 Å². The van der Waals surface area contributed by atoms with Crippen LogP contribution in [0.5, 0.6) is 0 Å². The molecular formula is C22H24. The van der Waals surface area contributed by atoms with Gasteiger partial charge in [-0.1, -0.05) is 122 Å². The summed E-state index contributed by atoms with van der Waals surface area (Å²) in [4.78, 5) is 0. The largest absolute Gasteiger partial charge is 0.0842 e. The van der Waals surface area contributed by atoms with Gasteiger partial charge in [0.1, 0.15) is 0 Å². The number of hydrogen-bond donors (Lipinski definition) is 0.